The first-order chi connectivity index (χ1) is 10.2. The van der Waals surface area contributed by atoms with E-state index in [-0.39, 0.29) is 5.91 Å². The Hall–Kier alpha value is -1.95. The second kappa shape index (κ2) is 7.73. The average Bonchev–Trinajstić information content (AvgIpc) is 2.51. The van der Waals surface area contributed by atoms with Gasteiger partial charge in [-0.3, -0.25) is 4.79 Å². The molecule has 0 fully saturated rings. The van der Waals surface area contributed by atoms with Gasteiger partial charge in [-0.1, -0.05) is 35.0 Å². The summed E-state index contributed by atoms with van der Waals surface area (Å²) in [5.74, 6) is 0.449. The monoisotopic (exact) mass is 348 g/mol. The Morgan fingerprint density at radius 3 is 2.76 bits per heavy atom. The highest BCUT2D eigenvalue weighted by Crippen LogP contribution is 2.11. The van der Waals surface area contributed by atoms with Gasteiger partial charge in [0.1, 0.15) is 5.82 Å². The van der Waals surface area contributed by atoms with E-state index >= 15 is 0 Å². The predicted octanol–water partition coefficient (Wildman–Crippen LogP) is 2.99. The number of carbonyl (C=O) groups excluding carboxylic acids is 1. The summed E-state index contributed by atoms with van der Waals surface area (Å²) >= 11 is 3.40. The van der Waals surface area contributed by atoms with Gasteiger partial charge in [0.2, 0.25) is 0 Å². The molecule has 2 N–H and O–H groups in total. The van der Waals surface area contributed by atoms with Gasteiger partial charge in [-0.25, -0.2) is 0 Å². The van der Waals surface area contributed by atoms with Crippen LogP contribution < -0.4 is 10.6 Å². The normalized spacial score (nSPS) is 10.2. The molecule has 1 amide bonds. The van der Waals surface area contributed by atoms with Crippen molar-refractivity contribution in [2.75, 3.05) is 11.9 Å². The van der Waals surface area contributed by atoms with E-state index in [0.29, 0.717) is 18.1 Å². The predicted molar refractivity (Wildman–Crippen MR) is 86.1 cm³/mol. The second-order valence-electron chi connectivity index (χ2n) is 4.54. The van der Waals surface area contributed by atoms with E-state index in [1.54, 1.807) is 12.1 Å². The van der Waals surface area contributed by atoms with E-state index in [2.05, 4.69) is 43.7 Å². The third kappa shape index (κ3) is 4.82. The minimum atomic E-state index is -0.232. The number of nitrogens with zero attached hydrogens (tertiary/aromatic N) is 2. The molecular formula is C15H17BrN4O. The van der Waals surface area contributed by atoms with Crippen LogP contribution >= 0.6 is 15.9 Å². The molecule has 1 heterocycles. The van der Waals surface area contributed by atoms with Gasteiger partial charge in [0, 0.05) is 17.6 Å². The van der Waals surface area contributed by atoms with E-state index in [4.69, 9.17) is 0 Å². The molecule has 0 unspecified atom stereocenters. The van der Waals surface area contributed by atoms with Crippen molar-refractivity contribution < 1.29 is 4.79 Å². The zero-order chi connectivity index (χ0) is 15.1. The molecule has 0 radical (unpaired) electrons. The summed E-state index contributed by atoms with van der Waals surface area (Å²) < 4.78 is 0.986. The van der Waals surface area contributed by atoms with Gasteiger partial charge in [-0.2, -0.15) is 0 Å². The molecule has 110 valence electrons. The first kappa shape index (κ1) is 15.4. The largest absolute Gasteiger partial charge is 0.369 e. The lowest BCUT2D eigenvalue weighted by atomic mass is 10.2. The fourth-order valence-electron chi connectivity index (χ4n) is 1.72. The minimum absolute atomic E-state index is 0.232. The van der Waals surface area contributed by atoms with Gasteiger partial charge in [0.15, 0.2) is 5.69 Å². The molecule has 0 bridgehead atoms. The summed E-state index contributed by atoms with van der Waals surface area (Å²) in [6.45, 7) is 3.36. The Bertz CT molecular complexity index is 601. The van der Waals surface area contributed by atoms with E-state index in [1.165, 1.54) is 0 Å². The highest BCUT2D eigenvalue weighted by atomic mass is 79.9. The quantitative estimate of drug-likeness (QED) is 0.841. The molecule has 0 saturated carbocycles. The molecule has 21 heavy (non-hydrogen) atoms. The van der Waals surface area contributed by atoms with Gasteiger partial charge in [-0.15, -0.1) is 10.2 Å². The van der Waals surface area contributed by atoms with Crippen LogP contribution in [0, 0.1) is 0 Å². The van der Waals surface area contributed by atoms with Crippen LogP contribution in [0.25, 0.3) is 0 Å². The van der Waals surface area contributed by atoms with Crippen molar-refractivity contribution in [2.24, 2.45) is 0 Å². The lowest BCUT2D eigenvalue weighted by molar-refractivity contribution is 0.0945. The SMILES string of the molecule is CCCNc1ccc(C(=O)NCc2cccc(Br)c2)nn1. The van der Waals surface area contributed by atoms with Crippen LogP contribution in [0.3, 0.4) is 0 Å². The number of rotatable bonds is 6. The van der Waals surface area contributed by atoms with Gasteiger partial charge in [-0.05, 0) is 36.2 Å². The lowest BCUT2D eigenvalue weighted by Gasteiger charge is -2.06. The fraction of sp³-hybridized carbons (Fsp3) is 0.267. The second-order valence-corrected chi connectivity index (χ2v) is 5.46. The first-order valence-corrected chi connectivity index (χ1v) is 7.58. The highest BCUT2D eigenvalue weighted by Gasteiger charge is 2.07. The maximum atomic E-state index is 12.0. The maximum absolute atomic E-state index is 12.0. The third-order valence-electron chi connectivity index (χ3n) is 2.80. The molecule has 2 aromatic rings. The Balaban J connectivity index is 1.91. The summed E-state index contributed by atoms with van der Waals surface area (Å²) in [6, 6.07) is 11.2. The van der Waals surface area contributed by atoms with Crippen molar-refractivity contribution in [1.82, 2.24) is 15.5 Å². The Morgan fingerprint density at radius 2 is 2.10 bits per heavy atom. The van der Waals surface area contributed by atoms with Crippen LogP contribution in [0.4, 0.5) is 5.82 Å². The van der Waals surface area contributed by atoms with Crippen molar-refractivity contribution >= 4 is 27.7 Å². The minimum Gasteiger partial charge on any atom is -0.369 e. The van der Waals surface area contributed by atoms with Crippen molar-refractivity contribution in [3.8, 4) is 0 Å². The van der Waals surface area contributed by atoms with Crippen molar-refractivity contribution in [3.63, 3.8) is 0 Å². The van der Waals surface area contributed by atoms with Crippen LogP contribution in [0.15, 0.2) is 40.9 Å². The van der Waals surface area contributed by atoms with Crippen LogP contribution in [0.1, 0.15) is 29.4 Å². The first-order valence-electron chi connectivity index (χ1n) is 6.79. The summed E-state index contributed by atoms with van der Waals surface area (Å²) in [7, 11) is 0. The van der Waals surface area contributed by atoms with Crippen molar-refractivity contribution in [1.29, 1.82) is 0 Å². The van der Waals surface area contributed by atoms with Gasteiger partial charge < -0.3 is 10.6 Å². The van der Waals surface area contributed by atoms with Crippen LogP contribution in [-0.4, -0.2) is 22.6 Å². The standard InChI is InChI=1S/C15H17BrN4O/c1-2-8-17-14-7-6-13(19-20-14)15(21)18-10-11-4-3-5-12(16)9-11/h3-7,9H,2,8,10H2,1H3,(H,17,20)(H,18,21). The molecule has 0 aliphatic rings. The highest BCUT2D eigenvalue weighted by molar-refractivity contribution is 9.10. The number of halogens is 1. The van der Waals surface area contributed by atoms with E-state index < -0.39 is 0 Å². The smallest absolute Gasteiger partial charge is 0.272 e. The summed E-state index contributed by atoms with van der Waals surface area (Å²) in [5, 5.41) is 13.8. The van der Waals surface area contributed by atoms with Crippen LogP contribution in [0.2, 0.25) is 0 Å². The molecule has 1 aromatic heterocycles. The molecule has 5 nitrogen and oxygen atoms in total. The number of hydrogen-bond acceptors (Lipinski definition) is 4. The third-order valence-corrected chi connectivity index (χ3v) is 3.29. The molecule has 0 atom stereocenters. The zero-order valence-electron chi connectivity index (χ0n) is 11.8. The Morgan fingerprint density at radius 1 is 1.24 bits per heavy atom. The van der Waals surface area contributed by atoms with Crippen LogP contribution in [0.5, 0.6) is 0 Å². The summed E-state index contributed by atoms with van der Waals surface area (Å²) in [4.78, 5) is 12.0. The Labute approximate surface area is 132 Å². The number of amides is 1. The maximum Gasteiger partial charge on any atom is 0.272 e. The van der Waals surface area contributed by atoms with Gasteiger partial charge in [0.25, 0.3) is 5.91 Å². The number of nitrogens with one attached hydrogen (secondary N) is 2. The number of carbonyl (C=O) groups is 1. The van der Waals surface area contributed by atoms with Crippen LogP contribution in [-0.2, 0) is 6.54 Å². The number of anilines is 1. The topological polar surface area (TPSA) is 66.9 Å². The summed E-state index contributed by atoms with van der Waals surface area (Å²) in [5.41, 5.74) is 1.33. The van der Waals surface area contributed by atoms with Crippen molar-refractivity contribution in [3.05, 3.63) is 52.1 Å². The fourth-order valence-corrected chi connectivity index (χ4v) is 2.17. The molecule has 0 aliphatic carbocycles. The van der Waals surface area contributed by atoms with E-state index in [9.17, 15) is 4.79 Å². The summed E-state index contributed by atoms with van der Waals surface area (Å²) in [6.07, 6.45) is 1.01. The van der Waals surface area contributed by atoms with Crippen molar-refractivity contribution in [2.45, 2.75) is 19.9 Å². The zero-order valence-corrected chi connectivity index (χ0v) is 13.4. The molecule has 2 rings (SSSR count). The van der Waals surface area contributed by atoms with E-state index in [0.717, 1.165) is 23.0 Å². The van der Waals surface area contributed by atoms with Gasteiger partial charge in [0.05, 0.1) is 0 Å². The number of hydrogen-bond donors (Lipinski definition) is 2. The van der Waals surface area contributed by atoms with E-state index in [1.807, 2.05) is 24.3 Å². The van der Waals surface area contributed by atoms with Gasteiger partial charge >= 0.3 is 0 Å². The molecule has 6 heteroatoms. The molecule has 0 aliphatic heterocycles. The number of benzene rings is 1. The molecular weight excluding hydrogens is 332 g/mol. The number of aromatic nitrogens is 2. The Kier molecular flexibility index (Phi) is 5.68. The molecule has 0 spiro atoms. The molecule has 1 aromatic carbocycles. The molecule has 0 saturated heterocycles. The average molecular weight is 349 g/mol. The lowest BCUT2D eigenvalue weighted by Crippen LogP contribution is -2.24.